The molecule has 0 bridgehead atoms. The van der Waals surface area contributed by atoms with Gasteiger partial charge >= 0.3 is 5.97 Å². The molecule has 4 N–H and O–H groups in total. The van der Waals surface area contributed by atoms with E-state index in [1.54, 1.807) is 0 Å². The normalized spacial score (nSPS) is 46.3. The van der Waals surface area contributed by atoms with Gasteiger partial charge in [-0.05, 0) is 87.2 Å². The zero-order valence-corrected chi connectivity index (χ0v) is 46.0. The van der Waals surface area contributed by atoms with Crippen LogP contribution in [0.1, 0.15) is 145 Å². The second kappa shape index (κ2) is 25.0. The van der Waals surface area contributed by atoms with Crippen LogP contribution in [0, 0.1) is 23.7 Å². The van der Waals surface area contributed by atoms with E-state index in [1.807, 2.05) is 27.7 Å². The van der Waals surface area contributed by atoms with Crippen LogP contribution in [0.15, 0.2) is 24.3 Å². The molecule has 0 amide bonds. The summed E-state index contributed by atoms with van der Waals surface area (Å²) in [5.74, 6) is -1.95. The van der Waals surface area contributed by atoms with E-state index in [1.165, 1.54) is 7.11 Å². The summed E-state index contributed by atoms with van der Waals surface area (Å²) in [6.07, 6.45) is -1.87. The smallest absolute Gasteiger partial charge is 0.308 e. The highest BCUT2D eigenvalue weighted by Gasteiger charge is 2.61. The summed E-state index contributed by atoms with van der Waals surface area (Å²) < 4.78 is 69.2. The minimum absolute atomic E-state index is 0.00304. The quantitative estimate of drug-likeness (QED) is 0.0376. The van der Waals surface area contributed by atoms with E-state index < -0.39 is 85.0 Å². The lowest BCUT2D eigenvalue weighted by Gasteiger charge is -2.49. The van der Waals surface area contributed by atoms with Gasteiger partial charge in [-0.15, -0.1) is 0 Å². The van der Waals surface area contributed by atoms with E-state index in [0.717, 1.165) is 43.3 Å². The van der Waals surface area contributed by atoms with Crippen LogP contribution in [0.25, 0.3) is 0 Å². The van der Waals surface area contributed by atoms with E-state index in [0.29, 0.717) is 70.5 Å². The van der Waals surface area contributed by atoms with Crippen LogP contribution in [-0.2, 0) is 66.7 Å². The molecule has 0 spiro atoms. The van der Waals surface area contributed by atoms with Crippen molar-refractivity contribution in [1.29, 1.82) is 0 Å². The number of rotatable bonds is 20. The molecule has 9 rings (SSSR count). The standard InChI is InChI=1S/C57H92O18/c1-11-29(4)50(60)46(75-74-42-18-19-64-51(42)28(2)3)23-38-22-44-45(68-38)26-47-53(71-44)33(8)52(34(9)66-47)73-49(59)24-37-13-16-41-54(69-37)39(58)25-48(70-41)56-57(62,63-10)55(61)43(72-56)17-14-36-21-31(6)40(67-36)15-12-35-20-30(5)32(7)27-65-35/h28-30,33-48,50-56,58,60-62H,6-7,11-27H2,1-5,8-10H3/t29-,30+,33+,34-,35-,36?,37?,38?,39?,40-,41?,42?,43?,44+,45+,46?,47-,48?,50?,51?,52?,53-,54+,55?,56?,57+/m0/s1. The third kappa shape index (κ3) is 12.9. The van der Waals surface area contributed by atoms with Gasteiger partial charge < -0.3 is 72.5 Å². The van der Waals surface area contributed by atoms with E-state index in [4.69, 9.17) is 61.9 Å². The largest absolute Gasteiger partial charge is 0.459 e. The highest BCUT2D eigenvalue weighted by atomic mass is 17.2. The summed E-state index contributed by atoms with van der Waals surface area (Å²) >= 11 is 0. The van der Waals surface area contributed by atoms with Crippen LogP contribution in [0.5, 0.6) is 0 Å². The zero-order valence-electron chi connectivity index (χ0n) is 46.0. The maximum Gasteiger partial charge on any atom is 0.308 e. The highest BCUT2D eigenvalue weighted by molar-refractivity contribution is 5.70. The average molecular weight is 1070 g/mol. The maximum atomic E-state index is 13.7. The Bertz CT molecular complexity index is 1910. The Morgan fingerprint density at radius 3 is 2.29 bits per heavy atom. The molecule has 0 aromatic heterocycles. The molecule has 0 aliphatic carbocycles. The fraction of sp³-hybridized carbons (Fsp3) is 0.912. The number of aliphatic hydroxyl groups excluding tert-OH is 3. The van der Waals surface area contributed by atoms with Gasteiger partial charge in [0.2, 0.25) is 5.79 Å². The van der Waals surface area contributed by atoms with Crippen LogP contribution in [0.2, 0.25) is 0 Å². The number of ether oxygens (including phenoxy) is 11. The van der Waals surface area contributed by atoms with Crippen LogP contribution >= 0.6 is 0 Å². The zero-order chi connectivity index (χ0) is 53.5. The van der Waals surface area contributed by atoms with Gasteiger partial charge in [0.1, 0.15) is 36.6 Å². The Balaban J connectivity index is 0.721. The van der Waals surface area contributed by atoms with Gasteiger partial charge in [-0.2, -0.15) is 0 Å². The van der Waals surface area contributed by atoms with Crippen molar-refractivity contribution in [1.82, 2.24) is 0 Å². The van der Waals surface area contributed by atoms with E-state index in [-0.39, 0.29) is 91.6 Å². The number of carbonyl (C=O) groups excluding carboxylic acids is 1. The molecule has 9 heterocycles. The average Bonchev–Trinajstić information content (AvgIpc) is 4.18. The topological polar surface area (TPSA) is 218 Å². The van der Waals surface area contributed by atoms with Crippen molar-refractivity contribution in [2.45, 2.75) is 285 Å². The SMILES string of the molecule is C=C1CO[C@@H](CC[C@@H]2OC(CCC3OC(C4CC(O)[C@H]5OC(CC(=O)OC6[C@H](C)O[C@H]7C[C@H]8OC(CC(OOC9CCOC9C(C)C)C(O)[C@@H](C)CC)C[C@H]8O[C@H]7[C@@H]6C)CCC5O4)[C@](O)(OC)C3O)CC2=C)C[C@H]1C. The summed E-state index contributed by atoms with van der Waals surface area (Å²) in [4.78, 5) is 25.8. The second-order valence-corrected chi connectivity index (χ2v) is 24.4. The Kier molecular flexibility index (Phi) is 19.3. The number of carbonyl (C=O) groups is 1. The third-order valence-corrected chi connectivity index (χ3v) is 18.6. The van der Waals surface area contributed by atoms with E-state index >= 15 is 0 Å². The van der Waals surface area contributed by atoms with Crippen LogP contribution < -0.4 is 0 Å². The summed E-state index contributed by atoms with van der Waals surface area (Å²) in [6.45, 7) is 24.1. The molecule has 9 fully saturated rings. The van der Waals surface area contributed by atoms with Gasteiger partial charge in [-0.1, -0.05) is 61.1 Å². The number of methoxy groups -OCH3 is 1. The van der Waals surface area contributed by atoms with Crippen molar-refractivity contribution in [3.8, 4) is 0 Å². The van der Waals surface area contributed by atoms with E-state index in [2.05, 4.69) is 33.9 Å². The molecule has 18 heteroatoms. The fourth-order valence-corrected chi connectivity index (χ4v) is 13.8. The summed E-state index contributed by atoms with van der Waals surface area (Å²) in [5.41, 5.74) is 2.20. The molecule has 0 saturated carbocycles. The van der Waals surface area contributed by atoms with E-state index in [9.17, 15) is 25.2 Å². The number of hydrogen-bond acceptors (Lipinski definition) is 18. The molecule has 9 aliphatic heterocycles. The molecule has 75 heavy (non-hydrogen) atoms. The molecular formula is C57H92O18. The van der Waals surface area contributed by atoms with Crippen molar-refractivity contribution in [3.63, 3.8) is 0 Å². The molecule has 14 unspecified atom stereocenters. The molecule has 18 nitrogen and oxygen atoms in total. The first kappa shape index (κ1) is 58.0. The molecule has 9 aliphatic rings. The lowest BCUT2D eigenvalue weighted by molar-refractivity contribution is -0.373. The van der Waals surface area contributed by atoms with Crippen LogP contribution in [0.4, 0.5) is 0 Å². The van der Waals surface area contributed by atoms with Gasteiger partial charge in [-0.25, -0.2) is 9.78 Å². The van der Waals surface area contributed by atoms with Crippen LogP contribution in [-0.4, -0.2) is 187 Å². The van der Waals surface area contributed by atoms with Crippen LogP contribution in [0.3, 0.4) is 0 Å². The van der Waals surface area contributed by atoms with Crippen molar-refractivity contribution >= 4 is 5.97 Å². The summed E-state index contributed by atoms with van der Waals surface area (Å²) in [7, 11) is 1.33. The number of fused-ring (bicyclic) bond motifs is 3. The molecular weight excluding hydrogens is 973 g/mol. The number of esters is 1. The van der Waals surface area contributed by atoms with Gasteiger partial charge in [0.25, 0.3) is 0 Å². The third-order valence-electron chi connectivity index (χ3n) is 18.6. The highest BCUT2D eigenvalue weighted by Crippen LogP contribution is 2.45. The van der Waals surface area contributed by atoms with Crippen molar-refractivity contribution in [2.75, 3.05) is 20.3 Å². The van der Waals surface area contributed by atoms with Crippen molar-refractivity contribution < 1.29 is 87.1 Å². The maximum absolute atomic E-state index is 13.7. The summed E-state index contributed by atoms with van der Waals surface area (Å²) in [6, 6.07) is 0. The molecule has 0 radical (unpaired) electrons. The lowest BCUT2D eigenvalue weighted by Crippen LogP contribution is -2.61. The van der Waals surface area contributed by atoms with Gasteiger partial charge in [-0.3, -0.25) is 4.79 Å². The minimum atomic E-state index is -2.07. The Hall–Kier alpha value is -1.69. The lowest BCUT2D eigenvalue weighted by atomic mass is 9.83. The fourth-order valence-electron chi connectivity index (χ4n) is 13.8. The van der Waals surface area contributed by atoms with Crippen molar-refractivity contribution in [2.24, 2.45) is 23.7 Å². The first-order chi connectivity index (χ1) is 35.8. The van der Waals surface area contributed by atoms with Gasteiger partial charge in [0, 0.05) is 51.7 Å². The van der Waals surface area contributed by atoms with Crippen molar-refractivity contribution in [3.05, 3.63) is 24.3 Å². The second-order valence-electron chi connectivity index (χ2n) is 24.4. The first-order valence-electron chi connectivity index (χ1n) is 28.8. The summed E-state index contributed by atoms with van der Waals surface area (Å²) in [5, 5.41) is 46.1. The minimum Gasteiger partial charge on any atom is -0.459 e. The Morgan fingerprint density at radius 2 is 1.55 bits per heavy atom. The molecule has 0 aromatic carbocycles. The monoisotopic (exact) mass is 1060 g/mol. The number of aliphatic hydroxyl groups is 4. The molecule has 26 atom stereocenters. The predicted octanol–water partition coefficient (Wildman–Crippen LogP) is 5.74. The Labute approximate surface area is 444 Å². The van der Waals surface area contributed by atoms with Gasteiger partial charge in [0.05, 0.1) is 111 Å². The van der Waals surface area contributed by atoms with Gasteiger partial charge in [0.15, 0.2) is 0 Å². The molecule has 9 saturated heterocycles. The molecule has 0 aromatic rings. The Morgan fingerprint density at radius 1 is 0.773 bits per heavy atom. The molecule has 428 valence electrons. The number of hydrogen-bond donors (Lipinski definition) is 4. The predicted molar refractivity (Wildman–Crippen MR) is 271 cm³/mol. The first-order valence-corrected chi connectivity index (χ1v) is 28.8.